The standard InChI is InChI=1S/C13H17N3/c14-8-11-3-1-4-12(7-11)9-15-10-13-5-2-6-16-13/h1-7,15-16H,8-10,14H2. The molecule has 0 fully saturated rings. The Labute approximate surface area is 95.7 Å². The van der Waals surface area contributed by atoms with Gasteiger partial charge in [-0.05, 0) is 23.3 Å². The molecule has 2 rings (SSSR count). The van der Waals surface area contributed by atoms with Gasteiger partial charge in [0.15, 0.2) is 0 Å². The number of nitrogens with two attached hydrogens (primary N) is 1. The summed E-state index contributed by atoms with van der Waals surface area (Å²) in [6, 6.07) is 12.4. The molecule has 1 heterocycles. The second kappa shape index (κ2) is 5.49. The molecule has 16 heavy (non-hydrogen) atoms. The first-order chi connectivity index (χ1) is 7.88. The molecule has 0 bridgehead atoms. The van der Waals surface area contributed by atoms with E-state index in [1.165, 1.54) is 16.8 Å². The van der Waals surface area contributed by atoms with Crippen LogP contribution < -0.4 is 11.1 Å². The SMILES string of the molecule is NCc1cccc(CNCc2ccc[nH]2)c1. The predicted molar refractivity (Wildman–Crippen MR) is 65.7 cm³/mol. The third kappa shape index (κ3) is 2.95. The largest absolute Gasteiger partial charge is 0.364 e. The van der Waals surface area contributed by atoms with Gasteiger partial charge in [-0.15, -0.1) is 0 Å². The van der Waals surface area contributed by atoms with Crippen molar-refractivity contribution in [2.24, 2.45) is 5.73 Å². The third-order valence-corrected chi connectivity index (χ3v) is 2.53. The van der Waals surface area contributed by atoms with E-state index in [0.717, 1.165) is 13.1 Å². The molecule has 0 aliphatic rings. The van der Waals surface area contributed by atoms with Crippen molar-refractivity contribution in [1.29, 1.82) is 0 Å². The Morgan fingerprint density at radius 3 is 2.69 bits per heavy atom. The van der Waals surface area contributed by atoms with Gasteiger partial charge < -0.3 is 16.0 Å². The van der Waals surface area contributed by atoms with E-state index in [4.69, 9.17) is 5.73 Å². The van der Waals surface area contributed by atoms with Gasteiger partial charge in [-0.1, -0.05) is 24.3 Å². The summed E-state index contributed by atoms with van der Waals surface area (Å²) in [5.41, 5.74) is 9.26. The first-order valence-corrected chi connectivity index (χ1v) is 5.49. The molecule has 2 aromatic rings. The van der Waals surface area contributed by atoms with Crippen LogP contribution in [0.4, 0.5) is 0 Å². The number of aromatic nitrogens is 1. The van der Waals surface area contributed by atoms with Gasteiger partial charge in [0.25, 0.3) is 0 Å². The van der Waals surface area contributed by atoms with Gasteiger partial charge in [0.2, 0.25) is 0 Å². The Balaban J connectivity index is 1.85. The van der Waals surface area contributed by atoms with Crippen LogP contribution >= 0.6 is 0 Å². The molecular weight excluding hydrogens is 198 g/mol. The number of H-pyrrole nitrogens is 1. The van der Waals surface area contributed by atoms with Crippen molar-refractivity contribution in [3.8, 4) is 0 Å². The maximum Gasteiger partial charge on any atom is 0.0360 e. The summed E-state index contributed by atoms with van der Waals surface area (Å²) < 4.78 is 0. The van der Waals surface area contributed by atoms with Crippen molar-refractivity contribution >= 4 is 0 Å². The zero-order valence-electron chi connectivity index (χ0n) is 9.24. The molecule has 0 aliphatic carbocycles. The molecule has 0 saturated heterocycles. The zero-order valence-corrected chi connectivity index (χ0v) is 9.24. The van der Waals surface area contributed by atoms with E-state index < -0.39 is 0 Å². The lowest BCUT2D eigenvalue weighted by atomic mass is 10.1. The molecule has 0 saturated carbocycles. The third-order valence-electron chi connectivity index (χ3n) is 2.53. The van der Waals surface area contributed by atoms with Gasteiger partial charge in [0.05, 0.1) is 0 Å². The van der Waals surface area contributed by atoms with E-state index in [2.05, 4.69) is 34.6 Å². The average Bonchev–Trinajstić information content (AvgIpc) is 2.82. The number of hydrogen-bond acceptors (Lipinski definition) is 2. The molecule has 84 valence electrons. The normalized spacial score (nSPS) is 10.6. The number of rotatable bonds is 5. The van der Waals surface area contributed by atoms with Gasteiger partial charge in [-0.2, -0.15) is 0 Å². The Morgan fingerprint density at radius 2 is 1.94 bits per heavy atom. The van der Waals surface area contributed by atoms with Crippen LogP contribution in [0.1, 0.15) is 16.8 Å². The molecule has 0 unspecified atom stereocenters. The van der Waals surface area contributed by atoms with Crippen LogP contribution in [0.2, 0.25) is 0 Å². The van der Waals surface area contributed by atoms with Crippen molar-refractivity contribution in [2.45, 2.75) is 19.6 Å². The lowest BCUT2D eigenvalue weighted by Crippen LogP contribution is -2.13. The van der Waals surface area contributed by atoms with Gasteiger partial charge >= 0.3 is 0 Å². The van der Waals surface area contributed by atoms with Gasteiger partial charge in [0.1, 0.15) is 0 Å². The molecule has 0 spiro atoms. The maximum absolute atomic E-state index is 5.60. The van der Waals surface area contributed by atoms with Gasteiger partial charge in [-0.3, -0.25) is 0 Å². The highest BCUT2D eigenvalue weighted by molar-refractivity contribution is 5.23. The molecule has 0 radical (unpaired) electrons. The Hall–Kier alpha value is -1.58. The van der Waals surface area contributed by atoms with Crippen molar-refractivity contribution < 1.29 is 0 Å². The van der Waals surface area contributed by atoms with Crippen LogP contribution in [0, 0.1) is 0 Å². The summed E-state index contributed by atoms with van der Waals surface area (Å²) in [7, 11) is 0. The summed E-state index contributed by atoms with van der Waals surface area (Å²) in [5.74, 6) is 0. The minimum absolute atomic E-state index is 0.602. The first-order valence-electron chi connectivity index (χ1n) is 5.49. The lowest BCUT2D eigenvalue weighted by Gasteiger charge is -2.05. The fourth-order valence-electron chi connectivity index (χ4n) is 1.69. The maximum atomic E-state index is 5.60. The molecule has 3 nitrogen and oxygen atoms in total. The van der Waals surface area contributed by atoms with Gasteiger partial charge in [-0.25, -0.2) is 0 Å². The highest BCUT2D eigenvalue weighted by Crippen LogP contribution is 2.04. The molecule has 0 atom stereocenters. The number of hydrogen-bond donors (Lipinski definition) is 3. The van der Waals surface area contributed by atoms with E-state index in [1.54, 1.807) is 0 Å². The molecule has 3 heteroatoms. The molecule has 1 aromatic heterocycles. The van der Waals surface area contributed by atoms with Crippen molar-refractivity contribution in [3.05, 3.63) is 59.4 Å². The quantitative estimate of drug-likeness (QED) is 0.712. The zero-order chi connectivity index (χ0) is 11.2. The van der Waals surface area contributed by atoms with E-state index in [1.807, 2.05) is 18.3 Å². The van der Waals surface area contributed by atoms with Crippen molar-refractivity contribution in [1.82, 2.24) is 10.3 Å². The van der Waals surface area contributed by atoms with Crippen LogP contribution in [0.5, 0.6) is 0 Å². The van der Waals surface area contributed by atoms with Crippen LogP contribution in [0.15, 0.2) is 42.6 Å². The molecule has 0 aliphatic heterocycles. The highest BCUT2D eigenvalue weighted by atomic mass is 14.9. The Kier molecular flexibility index (Phi) is 3.75. The molecule has 0 amide bonds. The van der Waals surface area contributed by atoms with E-state index in [0.29, 0.717) is 6.54 Å². The highest BCUT2D eigenvalue weighted by Gasteiger charge is 1.95. The molecule has 4 N–H and O–H groups in total. The summed E-state index contributed by atoms with van der Waals surface area (Å²) >= 11 is 0. The van der Waals surface area contributed by atoms with Gasteiger partial charge in [0, 0.05) is 31.5 Å². The second-order valence-electron chi connectivity index (χ2n) is 3.82. The van der Waals surface area contributed by atoms with E-state index in [9.17, 15) is 0 Å². The fourth-order valence-corrected chi connectivity index (χ4v) is 1.69. The van der Waals surface area contributed by atoms with Crippen LogP contribution in [-0.2, 0) is 19.6 Å². The minimum atomic E-state index is 0.602. The number of benzene rings is 1. The predicted octanol–water partition coefficient (Wildman–Crippen LogP) is 1.76. The van der Waals surface area contributed by atoms with E-state index in [-0.39, 0.29) is 0 Å². The fraction of sp³-hybridized carbons (Fsp3) is 0.231. The summed E-state index contributed by atoms with van der Waals surface area (Å²) in [6.45, 7) is 2.33. The number of nitrogens with one attached hydrogen (secondary N) is 2. The van der Waals surface area contributed by atoms with Crippen molar-refractivity contribution in [3.63, 3.8) is 0 Å². The molecular formula is C13H17N3. The summed E-state index contributed by atoms with van der Waals surface area (Å²) in [5, 5.41) is 3.38. The van der Waals surface area contributed by atoms with Crippen LogP contribution in [0.3, 0.4) is 0 Å². The van der Waals surface area contributed by atoms with Crippen LogP contribution in [0.25, 0.3) is 0 Å². The van der Waals surface area contributed by atoms with Crippen LogP contribution in [-0.4, -0.2) is 4.98 Å². The lowest BCUT2D eigenvalue weighted by molar-refractivity contribution is 0.682. The minimum Gasteiger partial charge on any atom is -0.364 e. The number of aromatic amines is 1. The average molecular weight is 215 g/mol. The Morgan fingerprint density at radius 1 is 1.06 bits per heavy atom. The first kappa shape index (κ1) is 10.9. The summed E-state index contributed by atoms with van der Waals surface area (Å²) in [4.78, 5) is 3.16. The molecule has 1 aromatic carbocycles. The smallest absolute Gasteiger partial charge is 0.0360 e. The Bertz CT molecular complexity index is 421. The monoisotopic (exact) mass is 215 g/mol. The van der Waals surface area contributed by atoms with Crippen molar-refractivity contribution in [2.75, 3.05) is 0 Å². The topological polar surface area (TPSA) is 53.8 Å². The second-order valence-corrected chi connectivity index (χ2v) is 3.82. The van der Waals surface area contributed by atoms with E-state index >= 15 is 0 Å². The summed E-state index contributed by atoms with van der Waals surface area (Å²) in [6.07, 6.45) is 1.94.